The quantitative estimate of drug-likeness (QED) is 0.884. The van der Waals surface area contributed by atoms with Gasteiger partial charge < -0.3 is 15.0 Å². The van der Waals surface area contributed by atoms with Crippen LogP contribution >= 0.6 is 11.3 Å². The van der Waals surface area contributed by atoms with E-state index in [1.54, 1.807) is 19.2 Å². The fourth-order valence-corrected chi connectivity index (χ4v) is 3.63. The number of benzene rings is 1. The van der Waals surface area contributed by atoms with E-state index >= 15 is 0 Å². The van der Waals surface area contributed by atoms with Crippen LogP contribution in [0.4, 0.5) is 20.7 Å². The van der Waals surface area contributed by atoms with Gasteiger partial charge in [0, 0.05) is 12.6 Å². The van der Waals surface area contributed by atoms with Gasteiger partial charge in [0.1, 0.15) is 5.75 Å². The fourth-order valence-electron chi connectivity index (χ4n) is 2.76. The number of nitrogens with one attached hydrogen (secondary N) is 2. The molecule has 2 amide bonds. The summed E-state index contributed by atoms with van der Waals surface area (Å²) in [5.41, 5.74) is 0.604. The molecule has 2 aromatic rings. The predicted octanol–water partition coefficient (Wildman–Crippen LogP) is 3.57. The number of hydrogen-bond acceptors (Lipinski definition) is 6. The highest BCUT2D eigenvalue weighted by Gasteiger charge is 2.22. The van der Waals surface area contributed by atoms with E-state index in [1.165, 1.54) is 24.2 Å². The first-order valence-corrected chi connectivity index (χ1v) is 8.80. The third-order valence-corrected chi connectivity index (χ3v) is 4.91. The summed E-state index contributed by atoms with van der Waals surface area (Å²) in [7, 11) is 1.56. The molecule has 2 N–H and O–H groups in total. The van der Waals surface area contributed by atoms with E-state index < -0.39 is 0 Å². The molecule has 1 aromatic carbocycles. The maximum Gasteiger partial charge on any atom is 0.325 e. The van der Waals surface area contributed by atoms with Crippen molar-refractivity contribution in [3.63, 3.8) is 0 Å². The Morgan fingerprint density at radius 2 is 2.12 bits per heavy atom. The average molecular weight is 347 g/mol. The Bertz CT molecular complexity index is 705. The summed E-state index contributed by atoms with van der Waals surface area (Å²) in [4.78, 5) is 14.4. The topological polar surface area (TPSA) is 79.4 Å². The van der Waals surface area contributed by atoms with Gasteiger partial charge in [-0.15, -0.1) is 10.2 Å². The minimum atomic E-state index is -0.367. The van der Waals surface area contributed by atoms with Crippen molar-refractivity contribution in [3.8, 4) is 5.75 Å². The number of carbonyl (C=O) groups excluding carboxylic acids is 1. The Balaban J connectivity index is 1.63. The number of amides is 2. The van der Waals surface area contributed by atoms with Crippen molar-refractivity contribution in [1.82, 2.24) is 10.2 Å². The van der Waals surface area contributed by atoms with E-state index in [2.05, 4.69) is 32.7 Å². The first kappa shape index (κ1) is 16.5. The number of rotatable bonds is 4. The standard InChI is InChI=1S/C16H21N5O2S/c1-11-7-5-6-10-21(11)16-20-19-15(24-16)18-14(22)17-12-8-3-4-9-13(12)23-2/h3-4,8-9,11H,5-7,10H2,1-2H3,(H2,17,18,19,22). The lowest BCUT2D eigenvalue weighted by atomic mass is 10.1. The fraction of sp³-hybridized carbons (Fsp3) is 0.438. The van der Waals surface area contributed by atoms with Crippen LogP contribution in [0.2, 0.25) is 0 Å². The lowest BCUT2D eigenvalue weighted by Crippen LogP contribution is -2.37. The zero-order valence-electron chi connectivity index (χ0n) is 13.8. The van der Waals surface area contributed by atoms with Gasteiger partial charge in [0.15, 0.2) is 0 Å². The summed E-state index contributed by atoms with van der Waals surface area (Å²) in [6, 6.07) is 7.34. The molecule has 1 atom stereocenters. The second kappa shape index (κ2) is 7.48. The van der Waals surface area contributed by atoms with E-state index in [4.69, 9.17) is 4.74 Å². The predicted molar refractivity (Wildman–Crippen MR) is 96.2 cm³/mol. The van der Waals surface area contributed by atoms with Gasteiger partial charge in [0.25, 0.3) is 0 Å². The molecule has 2 heterocycles. The highest BCUT2D eigenvalue weighted by molar-refractivity contribution is 7.19. The molecular weight excluding hydrogens is 326 g/mol. The monoisotopic (exact) mass is 347 g/mol. The van der Waals surface area contributed by atoms with Gasteiger partial charge >= 0.3 is 6.03 Å². The van der Waals surface area contributed by atoms with Crippen molar-refractivity contribution in [2.45, 2.75) is 32.2 Å². The third-order valence-electron chi connectivity index (χ3n) is 4.04. The average Bonchev–Trinajstić information content (AvgIpc) is 3.04. The molecule has 8 heteroatoms. The van der Waals surface area contributed by atoms with Crippen LogP contribution in [-0.4, -0.2) is 35.9 Å². The summed E-state index contributed by atoms with van der Waals surface area (Å²) in [6.45, 7) is 3.19. The molecule has 1 fully saturated rings. The number of methoxy groups -OCH3 is 1. The van der Waals surface area contributed by atoms with Gasteiger partial charge in [0.2, 0.25) is 10.3 Å². The SMILES string of the molecule is COc1ccccc1NC(=O)Nc1nnc(N2CCCCC2C)s1. The number of nitrogens with zero attached hydrogens (tertiary/aromatic N) is 3. The van der Waals surface area contributed by atoms with Gasteiger partial charge in [-0.25, -0.2) is 4.79 Å². The molecular formula is C16H21N5O2S. The second-order valence-corrected chi connectivity index (χ2v) is 6.66. The Morgan fingerprint density at radius 3 is 2.92 bits per heavy atom. The van der Waals surface area contributed by atoms with Crippen LogP contribution in [0.15, 0.2) is 24.3 Å². The van der Waals surface area contributed by atoms with Gasteiger partial charge in [-0.1, -0.05) is 23.5 Å². The van der Waals surface area contributed by atoms with Crippen molar-refractivity contribution in [2.75, 3.05) is 29.2 Å². The number of ether oxygens (including phenoxy) is 1. The Labute approximate surface area is 145 Å². The van der Waals surface area contributed by atoms with Gasteiger partial charge in [0.05, 0.1) is 12.8 Å². The number of aromatic nitrogens is 2. The third kappa shape index (κ3) is 3.76. The summed E-state index contributed by atoms with van der Waals surface area (Å²) in [6.07, 6.45) is 3.58. The Hall–Kier alpha value is -2.35. The molecule has 1 aromatic heterocycles. The van der Waals surface area contributed by atoms with Crippen LogP contribution in [0.1, 0.15) is 26.2 Å². The summed E-state index contributed by atoms with van der Waals surface area (Å²) in [5, 5.41) is 15.1. The molecule has 3 rings (SSSR count). The molecule has 0 spiro atoms. The summed E-state index contributed by atoms with van der Waals surface area (Å²) in [5.74, 6) is 0.604. The summed E-state index contributed by atoms with van der Waals surface area (Å²) >= 11 is 1.39. The van der Waals surface area contributed by atoms with E-state index in [-0.39, 0.29) is 6.03 Å². The molecule has 0 aliphatic carbocycles. The van der Waals surface area contributed by atoms with Crippen LogP contribution in [0.25, 0.3) is 0 Å². The molecule has 7 nitrogen and oxygen atoms in total. The number of anilines is 3. The van der Waals surface area contributed by atoms with Crippen LogP contribution in [0.5, 0.6) is 5.75 Å². The van der Waals surface area contributed by atoms with E-state index in [0.717, 1.165) is 18.1 Å². The number of carbonyl (C=O) groups is 1. The molecule has 128 valence electrons. The van der Waals surface area contributed by atoms with Crippen LogP contribution in [0, 0.1) is 0 Å². The maximum atomic E-state index is 12.1. The maximum absolute atomic E-state index is 12.1. The minimum absolute atomic E-state index is 0.367. The van der Waals surface area contributed by atoms with Gasteiger partial charge in [-0.2, -0.15) is 0 Å². The summed E-state index contributed by atoms with van der Waals surface area (Å²) < 4.78 is 5.22. The number of para-hydroxylation sites is 2. The Morgan fingerprint density at radius 1 is 1.29 bits per heavy atom. The molecule has 0 radical (unpaired) electrons. The zero-order chi connectivity index (χ0) is 16.9. The molecule has 1 saturated heterocycles. The smallest absolute Gasteiger partial charge is 0.325 e. The van der Waals surface area contributed by atoms with Crippen LogP contribution in [-0.2, 0) is 0 Å². The first-order valence-electron chi connectivity index (χ1n) is 7.98. The number of hydrogen-bond donors (Lipinski definition) is 2. The normalized spacial score (nSPS) is 17.4. The van der Waals surface area contributed by atoms with Crippen molar-refractivity contribution >= 4 is 33.3 Å². The van der Waals surface area contributed by atoms with Gasteiger partial charge in [-0.05, 0) is 38.3 Å². The minimum Gasteiger partial charge on any atom is -0.495 e. The van der Waals surface area contributed by atoms with Crippen molar-refractivity contribution in [3.05, 3.63) is 24.3 Å². The Kier molecular flexibility index (Phi) is 5.14. The second-order valence-electron chi connectivity index (χ2n) is 5.71. The number of urea groups is 1. The lowest BCUT2D eigenvalue weighted by molar-refractivity contribution is 0.262. The zero-order valence-corrected chi connectivity index (χ0v) is 14.6. The molecule has 0 bridgehead atoms. The largest absolute Gasteiger partial charge is 0.495 e. The van der Waals surface area contributed by atoms with E-state index in [0.29, 0.717) is 22.6 Å². The highest BCUT2D eigenvalue weighted by atomic mass is 32.1. The van der Waals surface area contributed by atoms with Crippen LogP contribution < -0.4 is 20.3 Å². The molecule has 1 unspecified atom stereocenters. The number of piperidine rings is 1. The lowest BCUT2D eigenvalue weighted by Gasteiger charge is -2.32. The van der Waals surface area contributed by atoms with Crippen LogP contribution in [0.3, 0.4) is 0 Å². The molecule has 1 aliphatic rings. The molecule has 1 aliphatic heterocycles. The van der Waals surface area contributed by atoms with E-state index in [1.807, 2.05) is 12.1 Å². The van der Waals surface area contributed by atoms with Gasteiger partial charge in [-0.3, -0.25) is 5.32 Å². The van der Waals surface area contributed by atoms with Crippen molar-refractivity contribution in [2.24, 2.45) is 0 Å². The van der Waals surface area contributed by atoms with Crippen molar-refractivity contribution in [1.29, 1.82) is 0 Å². The molecule has 0 saturated carbocycles. The van der Waals surface area contributed by atoms with Crippen molar-refractivity contribution < 1.29 is 9.53 Å². The van der Waals surface area contributed by atoms with E-state index in [9.17, 15) is 4.79 Å². The highest BCUT2D eigenvalue weighted by Crippen LogP contribution is 2.30. The molecule has 24 heavy (non-hydrogen) atoms. The first-order chi connectivity index (χ1) is 11.7.